The zero-order valence-electron chi connectivity index (χ0n) is 12.5. The van der Waals surface area contributed by atoms with Crippen molar-refractivity contribution in [3.05, 3.63) is 23.3 Å². The Kier molecular flexibility index (Phi) is 4.70. The number of ether oxygens (including phenoxy) is 1. The summed E-state index contributed by atoms with van der Waals surface area (Å²) in [4.78, 5) is 0.377. The van der Waals surface area contributed by atoms with Crippen LogP contribution in [0.5, 0.6) is 5.75 Å². The van der Waals surface area contributed by atoms with Gasteiger partial charge in [-0.15, -0.1) is 0 Å². The Hall–Kier alpha value is -1.07. The van der Waals surface area contributed by atoms with Crippen LogP contribution in [-0.4, -0.2) is 32.9 Å². The lowest BCUT2D eigenvalue weighted by atomic mass is 10.1. The number of sulfonamides is 1. The topological polar surface area (TPSA) is 46.6 Å². The maximum absolute atomic E-state index is 12.8. The van der Waals surface area contributed by atoms with Crippen LogP contribution in [-0.2, 0) is 10.0 Å². The van der Waals surface area contributed by atoms with Crippen LogP contribution in [0.4, 0.5) is 0 Å². The van der Waals surface area contributed by atoms with Crippen LogP contribution in [0.3, 0.4) is 0 Å². The lowest BCUT2D eigenvalue weighted by Gasteiger charge is -2.22. The number of aryl methyl sites for hydroxylation is 2. The molecule has 0 bridgehead atoms. The summed E-state index contributed by atoms with van der Waals surface area (Å²) < 4.78 is 32.5. The number of hydrogen-bond acceptors (Lipinski definition) is 3. The van der Waals surface area contributed by atoms with E-state index in [0.717, 1.165) is 36.8 Å². The summed E-state index contributed by atoms with van der Waals surface area (Å²) in [6.07, 6.45) is 4.12. The van der Waals surface area contributed by atoms with Gasteiger partial charge in [-0.25, -0.2) is 8.42 Å². The van der Waals surface area contributed by atoms with Gasteiger partial charge in [0.25, 0.3) is 0 Å². The van der Waals surface area contributed by atoms with E-state index in [-0.39, 0.29) is 0 Å². The fourth-order valence-corrected chi connectivity index (χ4v) is 4.47. The van der Waals surface area contributed by atoms with Crippen LogP contribution in [0.2, 0.25) is 0 Å². The third-order valence-electron chi connectivity index (χ3n) is 3.88. The molecular weight excluding hydrogens is 274 g/mol. The Bertz CT molecular complexity index is 573. The molecule has 1 aromatic carbocycles. The molecule has 0 radical (unpaired) electrons. The fraction of sp³-hybridized carbons (Fsp3) is 0.600. The van der Waals surface area contributed by atoms with Gasteiger partial charge in [-0.1, -0.05) is 18.9 Å². The highest BCUT2D eigenvalue weighted by atomic mass is 32.2. The van der Waals surface area contributed by atoms with Crippen molar-refractivity contribution in [3.63, 3.8) is 0 Å². The van der Waals surface area contributed by atoms with Crippen LogP contribution in [0, 0.1) is 13.8 Å². The smallest absolute Gasteiger partial charge is 0.243 e. The van der Waals surface area contributed by atoms with Crippen molar-refractivity contribution in [2.75, 3.05) is 20.2 Å². The molecule has 0 saturated carbocycles. The van der Waals surface area contributed by atoms with Crippen molar-refractivity contribution in [1.82, 2.24) is 4.31 Å². The van der Waals surface area contributed by atoms with E-state index >= 15 is 0 Å². The summed E-state index contributed by atoms with van der Waals surface area (Å²) in [6, 6.07) is 3.54. The van der Waals surface area contributed by atoms with E-state index in [1.807, 2.05) is 19.9 Å². The van der Waals surface area contributed by atoms with Gasteiger partial charge >= 0.3 is 0 Å². The number of hydrogen-bond donors (Lipinski definition) is 0. The SMILES string of the molecule is COc1cc(S(=O)(=O)N2CCCCCC2)c(C)cc1C. The molecule has 0 spiro atoms. The first-order chi connectivity index (χ1) is 9.46. The molecule has 1 aliphatic heterocycles. The third kappa shape index (κ3) is 2.99. The highest BCUT2D eigenvalue weighted by Crippen LogP contribution is 2.29. The largest absolute Gasteiger partial charge is 0.496 e. The first kappa shape index (κ1) is 15.3. The first-order valence-electron chi connectivity index (χ1n) is 7.12. The number of nitrogens with zero attached hydrogens (tertiary/aromatic N) is 1. The molecule has 0 N–H and O–H groups in total. The molecule has 1 heterocycles. The number of methoxy groups -OCH3 is 1. The molecule has 2 rings (SSSR count). The van der Waals surface area contributed by atoms with Crippen molar-refractivity contribution in [2.24, 2.45) is 0 Å². The summed E-state index contributed by atoms with van der Waals surface area (Å²) in [5.74, 6) is 0.629. The molecule has 5 heteroatoms. The van der Waals surface area contributed by atoms with Gasteiger partial charge in [0.05, 0.1) is 12.0 Å². The van der Waals surface area contributed by atoms with E-state index in [4.69, 9.17) is 4.74 Å². The summed E-state index contributed by atoms with van der Waals surface area (Å²) in [6.45, 7) is 5.02. The minimum absolute atomic E-state index is 0.377. The van der Waals surface area contributed by atoms with Gasteiger partial charge in [0.1, 0.15) is 5.75 Å². The fourth-order valence-electron chi connectivity index (χ4n) is 2.73. The number of benzene rings is 1. The van der Waals surface area contributed by atoms with Gasteiger partial charge in [0.15, 0.2) is 0 Å². The van der Waals surface area contributed by atoms with E-state index in [2.05, 4.69) is 0 Å². The van der Waals surface area contributed by atoms with E-state index in [9.17, 15) is 8.42 Å². The molecule has 0 aromatic heterocycles. The minimum atomic E-state index is -3.41. The summed E-state index contributed by atoms with van der Waals surface area (Å²) in [5, 5.41) is 0. The molecule has 1 aromatic rings. The normalized spacial score (nSPS) is 17.8. The predicted molar refractivity (Wildman–Crippen MR) is 79.7 cm³/mol. The molecule has 112 valence electrons. The van der Waals surface area contributed by atoms with Crippen molar-refractivity contribution in [3.8, 4) is 5.75 Å². The second-order valence-electron chi connectivity index (χ2n) is 5.41. The Balaban J connectivity index is 2.42. The first-order valence-corrected chi connectivity index (χ1v) is 8.56. The Morgan fingerprint density at radius 3 is 2.15 bits per heavy atom. The second-order valence-corrected chi connectivity index (χ2v) is 7.31. The lowest BCUT2D eigenvalue weighted by molar-refractivity contribution is 0.407. The zero-order chi connectivity index (χ0) is 14.8. The monoisotopic (exact) mass is 297 g/mol. The van der Waals surface area contributed by atoms with Gasteiger partial charge in [-0.3, -0.25) is 0 Å². The molecule has 0 unspecified atom stereocenters. The van der Waals surface area contributed by atoms with E-state index in [1.54, 1.807) is 17.5 Å². The molecule has 1 saturated heterocycles. The maximum Gasteiger partial charge on any atom is 0.243 e. The van der Waals surface area contributed by atoms with E-state index in [0.29, 0.717) is 23.7 Å². The summed E-state index contributed by atoms with van der Waals surface area (Å²) in [5.41, 5.74) is 1.74. The van der Waals surface area contributed by atoms with Gasteiger partial charge in [0, 0.05) is 19.2 Å². The van der Waals surface area contributed by atoms with E-state index < -0.39 is 10.0 Å². The van der Waals surface area contributed by atoms with Crippen LogP contribution >= 0.6 is 0 Å². The van der Waals surface area contributed by atoms with Crippen molar-refractivity contribution < 1.29 is 13.2 Å². The average Bonchev–Trinajstić information content (AvgIpc) is 2.67. The lowest BCUT2D eigenvalue weighted by Crippen LogP contribution is -2.32. The second kappa shape index (κ2) is 6.14. The molecule has 1 fully saturated rings. The van der Waals surface area contributed by atoms with Crippen molar-refractivity contribution >= 4 is 10.0 Å². The van der Waals surface area contributed by atoms with Crippen molar-refractivity contribution in [1.29, 1.82) is 0 Å². The van der Waals surface area contributed by atoms with Crippen LogP contribution in [0.15, 0.2) is 17.0 Å². The molecule has 1 aliphatic rings. The van der Waals surface area contributed by atoms with Crippen LogP contribution in [0.1, 0.15) is 36.8 Å². The quantitative estimate of drug-likeness (QED) is 0.862. The molecule has 4 nitrogen and oxygen atoms in total. The Morgan fingerprint density at radius 2 is 1.60 bits per heavy atom. The van der Waals surface area contributed by atoms with Gasteiger partial charge in [-0.2, -0.15) is 4.31 Å². The maximum atomic E-state index is 12.8. The Morgan fingerprint density at radius 1 is 1.00 bits per heavy atom. The van der Waals surface area contributed by atoms with Gasteiger partial charge in [-0.05, 0) is 37.8 Å². The number of rotatable bonds is 3. The minimum Gasteiger partial charge on any atom is -0.496 e. The summed E-state index contributed by atoms with van der Waals surface area (Å²) in [7, 11) is -1.84. The predicted octanol–water partition coefficient (Wildman–Crippen LogP) is 2.88. The molecular formula is C15H23NO3S. The molecule has 20 heavy (non-hydrogen) atoms. The molecule has 0 amide bonds. The average molecular weight is 297 g/mol. The van der Waals surface area contributed by atoms with Gasteiger partial charge < -0.3 is 4.74 Å². The molecule has 0 aliphatic carbocycles. The van der Waals surface area contributed by atoms with Crippen LogP contribution < -0.4 is 4.74 Å². The Labute approximate surface area is 121 Å². The van der Waals surface area contributed by atoms with Crippen LogP contribution in [0.25, 0.3) is 0 Å². The highest BCUT2D eigenvalue weighted by Gasteiger charge is 2.27. The van der Waals surface area contributed by atoms with E-state index in [1.165, 1.54) is 0 Å². The van der Waals surface area contributed by atoms with Gasteiger partial charge in [0.2, 0.25) is 10.0 Å². The highest BCUT2D eigenvalue weighted by molar-refractivity contribution is 7.89. The van der Waals surface area contributed by atoms with Crippen molar-refractivity contribution in [2.45, 2.75) is 44.4 Å². The zero-order valence-corrected chi connectivity index (χ0v) is 13.3. The summed E-state index contributed by atoms with van der Waals surface area (Å²) >= 11 is 0. The molecule has 0 atom stereocenters. The standard InChI is InChI=1S/C15H23NO3S/c1-12-10-13(2)15(11-14(12)19-3)20(17,18)16-8-6-4-5-7-9-16/h10-11H,4-9H2,1-3H3. The third-order valence-corrected chi connectivity index (χ3v) is 5.92.